The Hall–Kier alpha value is -4.59. The number of hydrogen-bond acceptors (Lipinski definition) is 5. The molecule has 0 saturated carbocycles. The summed E-state index contributed by atoms with van der Waals surface area (Å²) in [5.41, 5.74) is 2.05. The molecule has 2 heterocycles. The third-order valence-electron chi connectivity index (χ3n) is 5.83. The van der Waals surface area contributed by atoms with Gasteiger partial charge < -0.3 is 19.4 Å². The first-order valence-electron chi connectivity index (χ1n) is 10.6. The maximum absolute atomic E-state index is 13.6. The summed E-state index contributed by atoms with van der Waals surface area (Å²) in [6.45, 7) is 0. The zero-order valence-corrected chi connectivity index (χ0v) is 18.9. The van der Waals surface area contributed by atoms with E-state index in [0.29, 0.717) is 33.8 Å². The van der Waals surface area contributed by atoms with Crippen LogP contribution in [0.15, 0.2) is 77.6 Å². The van der Waals surface area contributed by atoms with E-state index in [-0.39, 0.29) is 11.3 Å². The summed E-state index contributed by atoms with van der Waals surface area (Å²) in [6, 6.07) is 21.6. The average molecular weight is 454 g/mol. The number of hydrogen-bond donors (Lipinski definition) is 1. The van der Waals surface area contributed by atoms with Crippen LogP contribution in [0.5, 0.6) is 11.5 Å². The molecule has 0 saturated heterocycles. The molecule has 8 heteroatoms. The van der Waals surface area contributed by atoms with Gasteiger partial charge in [0, 0.05) is 23.3 Å². The van der Waals surface area contributed by atoms with Gasteiger partial charge in [-0.15, -0.1) is 0 Å². The highest BCUT2D eigenvalue weighted by molar-refractivity contribution is 6.19. The molecule has 0 radical (unpaired) electrons. The van der Waals surface area contributed by atoms with E-state index in [1.807, 2.05) is 37.4 Å². The van der Waals surface area contributed by atoms with E-state index in [2.05, 4.69) is 10.4 Å². The van der Waals surface area contributed by atoms with Crippen molar-refractivity contribution in [3.8, 4) is 17.2 Å². The Morgan fingerprint density at radius 2 is 1.62 bits per heavy atom. The maximum Gasteiger partial charge on any atom is 0.296 e. The summed E-state index contributed by atoms with van der Waals surface area (Å²) in [5, 5.41) is 8.70. The number of rotatable bonds is 5. The van der Waals surface area contributed by atoms with Crippen LogP contribution in [0, 0.1) is 0 Å². The molecular formula is C26H22N4O4. The van der Waals surface area contributed by atoms with Crippen LogP contribution in [0.3, 0.4) is 0 Å². The molecule has 0 bridgehead atoms. The lowest BCUT2D eigenvalue weighted by Crippen LogP contribution is -2.27. The van der Waals surface area contributed by atoms with Gasteiger partial charge in [-0.2, -0.15) is 9.78 Å². The highest BCUT2D eigenvalue weighted by Crippen LogP contribution is 2.30. The van der Waals surface area contributed by atoms with Crippen LogP contribution < -0.4 is 20.3 Å². The Morgan fingerprint density at radius 1 is 0.912 bits per heavy atom. The van der Waals surface area contributed by atoms with E-state index in [0.717, 1.165) is 10.9 Å². The fourth-order valence-corrected chi connectivity index (χ4v) is 4.17. The number of nitrogens with zero attached hydrogens (tertiary/aromatic N) is 3. The van der Waals surface area contributed by atoms with Crippen molar-refractivity contribution in [1.82, 2.24) is 14.3 Å². The summed E-state index contributed by atoms with van der Waals surface area (Å²) < 4.78 is 13.6. The zero-order chi connectivity index (χ0) is 23.8. The van der Waals surface area contributed by atoms with Gasteiger partial charge in [0.15, 0.2) is 5.69 Å². The molecule has 0 aliphatic rings. The minimum Gasteiger partial charge on any atom is -0.497 e. The topological polar surface area (TPSA) is 87.4 Å². The van der Waals surface area contributed by atoms with Crippen molar-refractivity contribution in [3.63, 3.8) is 0 Å². The van der Waals surface area contributed by atoms with Gasteiger partial charge in [-0.1, -0.05) is 30.3 Å². The molecule has 0 spiro atoms. The number of carbonyl (C=O) groups is 1. The number of anilines is 1. The Balaban J connectivity index is 1.78. The third-order valence-corrected chi connectivity index (χ3v) is 5.83. The minimum atomic E-state index is -0.451. The van der Waals surface area contributed by atoms with Crippen molar-refractivity contribution < 1.29 is 14.3 Å². The average Bonchev–Trinajstić information content (AvgIpc) is 3.18. The van der Waals surface area contributed by atoms with E-state index < -0.39 is 5.91 Å². The van der Waals surface area contributed by atoms with E-state index in [9.17, 15) is 9.59 Å². The van der Waals surface area contributed by atoms with Gasteiger partial charge >= 0.3 is 0 Å². The fourth-order valence-electron chi connectivity index (χ4n) is 4.17. The van der Waals surface area contributed by atoms with Crippen molar-refractivity contribution in [2.75, 3.05) is 19.5 Å². The third kappa shape index (κ3) is 3.36. The normalized spacial score (nSPS) is 11.0. The minimum absolute atomic E-state index is 0.133. The number of ether oxygens (including phenoxy) is 2. The molecule has 5 rings (SSSR count). The number of methoxy groups -OCH3 is 2. The number of carbonyl (C=O) groups excluding carboxylic acids is 1. The van der Waals surface area contributed by atoms with Crippen LogP contribution in [0.25, 0.3) is 27.5 Å². The second kappa shape index (κ2) is 8.40. The second-order valence-corrected chi connectivity index (χ2v) is 7.72. The predicted molar refractivity (Wildman–Crippen MR) is 131 cm³/mol. The quantitative estimate of drug-likeness (QED) is 0.431. The summed E-state index contributed by atoms with van der Waals surface area (Å²) in [4.78, 5) is 27.2. The summed E-state index contributed by atoms with van der Waals surface area (Å²) in [7, 11) is 4.92. The monoisotopic (exact) mass is 454 g/mol. The Kier molecular flexibility index (Phi) is 5.25. The predicted octanol–water partition coefficient (Wildman–Crippen LogP) is 4.15. The van der Waals surface area contributed by atoms with Crippen LogP contribution >= 0.6 is 0 Å². The summed E-state index contributed by atoms with van der Waals surface area (Å²) in [5.74, 6) is 0.721. The van der Waals surface area contributed by atoms with E-state index >= 15 is 0 Å². The van der Waals surface area contributed by atoms with Crippen molar-refractivity contribution in [1.29, 1.82) is 0 Å². The van der Waals surface area contributed by atoms with Crippen molar-refractivity contribution in [3.05, 3.63) is 88.8 Å². The van der Waals surface area contributed by atoms with Crippen LogP contribution in [0.1, 0.15) is 10.5 Å². The first-order valence-corrected chi connectivity index (χ1v) is 10.6. The van der Waals surface area contributed by atoms with Gasteiger partial charge in [0.25, 0.3) is 11.5 Å². The first kappa shape index (κ1) is 21.3. The van der Waals surface area contributed by atoms with Crippen LogP contribution in [0.2, 0.25) is 0 Å². The lowest BCUT2D eigenvalue weighted by atomic mass is 10.1. The fraction of sp³-hybridized carbons (Fsp3) is 0.115. The Bertz CT molecular complexity index is 1600. The SMILES string of the molecule is COc1ccc(-n2nc(C(=O)Nc3ccccc3OC)c3c4ccccc4n(C)c3c2=O)cc1. The molecule has 3 aromatic carbocycles. The summed E-state index contributed by atoms with van der Waals surface area (Å²) >= 11 is 0. The molecular weight excluding hydrogens is 432 g/mol. The Morgan fingerprint density at radius 3 is 2.35 bits per heavy atom. The molecule has 1 N–H and O–H groups in total. The summed E-state index contributed by atoms with van der Waals surface area (Å²) in [6.07, 6.45) is 0. The van der Waals surface area contributed by atoms with Crippen LogP contribution in [0.4, 0.5) is 5.69 Å². The zero-order valence-electron chi connectivity index (χ0n) is 18.9. The van der Waals surface area contributed by atoms with Gasteiger partial charge in [-0.3, -0.25) is 9.59 Å². The highest BCUT2D eigenvalue weighted by Gasteiger charge is 2.24. The van der Waals surface area contributed by atoms with Gasteiger partial charge in [-0.25, -0.2) is 0 Å². The van der Waals surface area contributed by atoms with Crippen LogP contribution in [-0.4, -0.2) is 34.5 Å². The number of aromatic nitrogens is 3. The first-order chi connectivity index (χ1) is 16.5. The molecule has 170 valence electrons. The molecule has 5 aromatic rings. The Labute approximate surface area is 195 Å². The lowest BCUT2D eigenvalue weighted by molar-refractivity contribution is 0.102. The maximum atomic E-state index is 13.6. The lowest BCUT2D eigenvalue weighted by Gasteiger charge is -2.12. The molecule has 0 aliphatic carbocycles. The van der Waals surface area contributed by atoms with Crippen LogP contribution in [-0.2, 0) is 7.05 Å². The molecule has 0 aliphatic heterocycles. The standard InChI is InChI=1S/C26H22N4O4/c1-29-20-10-6-4-8-18(20)22-23(25(31)27-19-9-5-7-11-21(19)34-3)28-30(26(32)24(22)29)16-12-14-17(33-2)15-13-16/h4-15H,1-3H3,(H,27,31). The molecule has 1 amide bonds. The number of para-hydroxylation sites is 3. The molecule has 8 nitrogen and oxygen atoms in total. The molecule has 2 aromatic heterocycles. The number of fused-ring (bicyclic) bond motifs is 3. The van der Waals surface area contributed by atoms with Gasteiger partial charge in [0.05, 0.1) is 25.6 Å². The molecule has 0 unspecified atom stereocenters. The number of benzene rings is 3. The van der Waals surface area contributed by atoms with Gasteiger partial charge in [-0.05, 0) is 42.5 Å². The van der Waals surface area contributed by atoms with E-state index in [4.69, 9.17) is 9.47 Å². The van der Waals surface area contributed by atoms with Gasteiger partial charge in [0.2, 0.25) is 0 Å². The second-order valence-electron chi connectivity index (χ2n) is 7.72. The molecule has 0 atom stereocenters. The van der Waals surface area contributed by atoms with Crippen molar-refractivity contribution in [2.24, 2.45) is 7.05 Å². The highest BCUT2D eigenvalue weighted by atomic mass is 16.5. The van der Waals surface area contributed by atoms with Crippen molar-refractivity contribution >= 4 is 33.4 Å². The smallest absolute Gasteiger partial charge is 0.296 e. The van der Waals surface area contributed by atoms with Gasteiger partial charge in [0.1, 0.15) is 17.0 Å². The number of nitrogens with one attached hydrogen (secondary N) is 1. The van der Waals surface area contributed by atoms with Crippen molar-refractivity contribution in [2.45, 2.75) is 0 Å². The van der Waals surface area contributed by atoms with E-state index in [1.165, 1.54) is 11.8 Å². The largest absolute Gasteiger partial charge is 0.497 e. The number of aryl methyl sites for hydroxylation is 1. The molecule has 0 fully saturated rings. The molecule has 34 heavy (non-hydrogen) atoms. The number of amides is 1. The van der Waals surface area contributed by atoms with E-state index in [1.54, 1.807) is 54.1 Å².